The normalized spacial score (nSPS) is 16.3. The molecule has 0 atom stereocenters. The van der Waals surface area contributed by atoms with Crippen molar-refractivity contribution in [2.75, 3.05) is 39.6 Å². The first-order chi connectivity index (χ1) is 14.1. The summed E-state index contributed by atoms with van der Waals surface area (Å²) in [6.45, 7) is 8.63. The Labute approximate surface area is 172 Å². The quantitative estimate of drug-likeness (QED) is 0.750. The van der Waals surface area contributed by atoms with Crippen molar-refractivity contribution in [3.8, 4) is 17.2 Å². The van der Waals surface area contributed by atoms with Crippen LogP contribution in [0, 0.1) is 0 Å². The molecule has 2 aliphatic heterocycles. The molecule has 1 amide bonds. The van der Waals surface area contributed by atoms with Gasteiger partial charge in [0.25, 0.3) is 5.91 Å². The lowest BCUT2D eigenvalue weighted by Crippen LogP contribution is -2.49. The summed E-state index contributed by atoms with van der Waals surface area (Å²) in [4.78, 5) is 16.9. The summed E-state index contributed by atoms with van der Waals surface area (Å²) in [7, 11) is 0. The molecule has 0 aromatic heterocycles. The van der Waals surface area contributed by atoms with E-state index in [4.69, 9.17) is 14.2 Å². The van der Waals surface area contributed by atoms with Crippen LogP contribution in [0.5, 0.6) is 17.2 Å². The van der Waals surface area contributed by atoms with E-state index in [0.717, 1.165) is 55.5 Å². The van der Waals surface area contributed by atoms with Gasteiger partial charge in [0.05, 0.1) is 0 Å². The first-order valence-corrected chi connectivity index (χ1v) is 10.2. The zero-order valence-electron chi connectivity index (χ0n) is 17.1. The molecule has 0 bridgehead atoms. The molecule has 0 aliphatic carbocycles. The average molecular weight is 396 g/mol. The van der Waals surface area contributed by atoms with Gasteiger partial charge in [0.15, 0.2) is 18.1 Å². The number of piperazine rings is 1. The topological polar surface area (TPSA) is 51.2 Å². The molecular formula is C23H28N2O4. The van der Waals surface area contributed by atoms with Gasteiger partial charge in [-0.05, 0) is 35.2 Å². The number of fused-ring (bicyclic) bond motifs is 1. The van der Waals surface area contributed by atoms with Crippen molar-refractivity contribution in [1.82, 2.24) is 9.80 Å². The number of carbonyl (C=O) groups is 1. The van der Waals surface area contributed by atoms with Crippen LogP contribution in [0.2, 0.25) is 0 Å². The fraction of sp³-hybridized carbons (Fsp3) is 0.435. The van der Waals surface area contributed by atoms with Gasteiger partial charge in [0.2, 0.25) is 6.79 Å². The Balaban J connectivity index is 1.26. The van der Waals surface area contributed by atoms with Crippen molar-refractivity contribution in [1.29, 1.82) is 0 Å². The van der Waals surface area contributed by atoms with Crippen LogP contribution in [0.15, 0.2) is 42.5 Å². The predicted octanol–water partition coefficient (Wildman–Crippen LogP) is 3.26. The minimum absolute atomic E-state index is 0.0475. The smallest absolute Gasteiger partial charge is 0.260 e. The molecule has 2 aromatic carbocycles. The Kier molecular flexibility index (Phi) is 5.90. The van der Waals surface area contributed by atoms with Crippen molar-refractivity contribution in [2.45, 2.75) is 26.3 Å². The lowest BCUT2D eigenvalue weighted by atomic mass is 10.0. The summed E-state index contributed by atoms with van der Waals surface area (Å²) in [6.07, 6.45) is 0. The molecular weight excluding hydrogens is 368 g/mol. The Hall–Kier alpha value is -2.73. The maximum atomic E-state index is 12.6. The van der Waals surface area contributed by atoms with Crippen LogP contribution in [-0.2, 0) is 11.3 Å². The van der Waals surface area contributed by atoms with Crippen LogP contribution in [0.1, 0.15) is 30.9 Å². The highest BCUT2D eigenvalue weighted by molar-refractivity contribution is 5.78. The maximum Gasteiger partial charge on any atom is 0.260 e. The maximum absolute atomic E-state index is 12.6. The molecule has 1 fully saturated rings. The largest absolute Gasteiger partial charge is 0.483 e. The van der Waals surface area contributed by atoms with Crippen LogP contribution >= 0.6 is 0 Å². The molecule has 1 saturated heterocycles. The SMILES string of the molecule is CC(C)c1ccccc1OCC(=O)N1CCN(Cc2ccc3c(c2)OCO3)CC1. The summed E-state index contributed by atoms with van der Waals surface area (Å²) in [5.41, 5.74) is 2.33. The monoisotopic (exact) mass is 396 g/mol. The molecule has 2 aliphatic rings. The van der Waals surface area contributed by atoms with Gasteiger partial charge in [-0.15, -0.1) is 0 Å². The third-order valence-corrected chi connectivity index (χ3v) is 5.46. The highest BCUT2D eigenvalue weighted by Gasteiger charge is 2.22. The lowest BCUT2D eigenvalue weighted by Gasteiger charge is -2.34. The summed E-state index contributed by atoms with van der Waals surface area (Å²) in [5, 5.41) is 0. The third kappa shape index (κ3) is 4.65. The third-order valence-electron chi connectivity index (χ3n) is 5.46. The Bertz CT molecular complexity index is 860. The van der Waals surface area contributed by atoms with Crippen LogP contribution in [-0.4, -0.2) is 55.3 Å². The summed E-state index contributed by atoms with van der Waals surface area (Å²) in [6, 6.07) is 14.0. The molecule has 29 heavy (non-hydrogen) atoms. The Morgan fingerprint density at radius 2 is 1.79 bits per heavy atom. The Morgan fingerprint density at radius 1 is 1.03 bits per heavy atom. The number of benzene rings is 2. The minimum Gasteiger partial charge on any atom is -0.483 e. The van der Waals surface area contributed by atoms with E-state index in [1.165, 1.54) is 5.56 Å². The number of rotatable bonds is 6. The van der Waals surface area contributed by atoms with E-state index in [9.17, 15) is 4.79 Å². The van der Waals surface area contributed by atoms with Crippen LogP contribution < -0.4 is 14.2 Å². The van der Waals surface area contributed by atoms with E-state index in [0.29, 0.717) is 12.7 Å². The summed E-state index contributed by atoms with van der Waals surface area (Å²) in [5.74, 6) is 2.84. The van der Waals surface area contributed by atoms with Gasteiger partial charge < -0.3 is 19.1 Å². The van der Waals surface area contributed by atoms with Crippen LogP contribution in [0.4, 0.5) is 0 Å². The number of hydrogen-bond acceptors (Lipinski definition) is 5. The average Bonchev–Trinajstić information content (AvgIpc) is 3.20. The zero-order chi connectivity index (χ0) is 20.2. The molecule has 6 heteroatoms. The van der Waals surface area contributed by atoms with Gasteiger partial charge in [-0.1, -0.05) is 38.1 Å². The van der Waals surface area contributed by atoms with E-state index in [1.807, 2.05) is 35.2 Å². The molecule has 0 N–H and O–H groups in total. The van der Waals surface area contributed by atoms with Crippen molar-refractivity contribution < 1.29 is 19.0 Å². The molecule has 154 valence electrons. The fourth-order valence-corrected chi connectivity index (χ4v) is 3.77. The van der Waals surface area contributed by atoms with Gasteiger partial charge in [-0.2, -0.15) is 0 Å². The molecule has 6 nitrogen and oxygen atoms in total. The number of nitrogens with zero attached hydrogens (tertiary/aromatic N) is 2. The first kappa shape index (κ1) is 19.6. The second-order valence-electron chi connectivity index (χ2n) is 7.83. The van der Waals surface area contributed by atoms with Crippen LogP contribution in [0.3, 0.4) is 0 Å². The van der Waals surface area contributed by atoms with Gasteiger partial charge in [0.1, 0.15) is 5.75 Å². The number of para-hydroxylation sites is 1. The van der Waals surface area contributed by atoms with Gasteiger partial charge in [0, 0.05) is 32.7 Å². The highest BCUT2D eigenvalue weighted by Crippen LogP contribution is 2.33. The zero-order valence-corrected chi connectivity index (χ0v) is 17.1. The van der Waals surface area contributed by atoms with Gasteiger partial charge in [-0.3, -0.25) is 9.69 Å². The number of ether oxygens (including phenoxy) is 3. The van der Waals surface area contributed by atoms with Gasteiger partial charge in [-0.25, -0.2) is 0 Å². The number of hydrogen-bond donors (Lipinski definition) is 0. The predicted molar refractivity (Wildman–Crippen MR) is 110 cm³/mol. The second-order valence-corrected chi connectivity index (χ2v) is 7.83. The minimum atomic E-state index is 0.0475. The Morgan fingerprint density at radius 3 is 2.59 bits per heavy atom. The van der Waals surface area contributed by atoms with Crippen LogP contribution in [0.25, 0.3) is 0 Å². The number of amides is 1. The van der Waals surface area contributed by atoms with E-state index in [-0.39, 0.29) is 12.5 Å². The van der Waals surface area contributed by atoms with E-state index >= 15 is 0 Å². The number of carbonyl (C=O) groups excluding carboxylic acids is 1. The summed E-state index contributed by atoms with van der Waals surface area (Å²) < 4.78 is 16.7. The van der Waals surface area contributed by atoms with E-state index in [1.54, 1.807) is 0 Å². The molecule has 0 saturated carbocycles. The summed E-state index contributed by atoms with van der Waals surface area (Å²) >= 11 is 0. The molecule has 0 radical (unpaired) electrons. The molecule has 0 spiro atoms. The van der Waals surface area contributed by atoms with Crippen molar-refractivity contribution in [3.63, 3.8) is 0 Å². The first-order valence-electron chi connectivity index (χ1n) is 10.2. The van der Waals surface area contributed by atoms with Crippen molar-refractivity contribution >= 4 is 5.91 Å². The highest BCUT2D eigenvalue weighted by atomic mass is 16.7. The molecule has 4 rings (SSSR count). The lowest BCUT2D eigenvalue weighted by molar-refractivity contribution is -0.135. The fourth-order valence-electron chi connectivity index (χ4n) is 3.77. The van der Waals surface area contributed by atoms with Gasteiger partial charge >= 0.3 is 0 Å². The van der Waals surface area contributed by atoms with E-state index < -0.39 is 0 Å². The van der Waals surface area contributed by atoms with Crippen molar-refractivity contribution in [3.05, 3.63) is 53.6 Å². The second kappa shape index (κ2) is 8.74. The molecule has 0 unspecified atom stereocenters. The molecule has 2 heterocycles. The van der Waals surface area contributed by atoms with E-state index in [2.05, 4.69) is 30.9 Å². The molecule has 2 aromatic rings. The standard InChI is InChI=1S/C23H28N2O4/c1-17(2)19-5-3-4-6-20(19)27-15-23(26)25-11-9-24(10-12-25)14-18-7-8-21-22(13-18)29-16-28-21/h3-8,13,17H,9-12,14-16H2,1-2H3. The van der Waals surface area contributed by atoms with Crippen molar-refractivity contribution in [2.24, 2.45) is 0 Å².